The standard InChI is InChI=1S/C17H12O6/c18-10-3-1-9(2-4-10)7-14-16(21)15(17(22)23-14)12-6-5-11(19)8-13(12)20/h1-8,18-21H. The molecule has 2 aromatic rings. The monoisotopic (exact) mass is 312 g/mol. The summed E-state index contributed by atoms with van der Waals surface area (Å²) in [6.45, 7) is 0. The zero-order chi connectivity index (χ0) is 16.6. The maximum atomic E-state index is 12.0. The van der Waals surface area contributed by atoms with Gasteiger partial charge in [0.1, 0.15) is 22.8 Å². The third-order valence-corrected chi connectivity index (χ3v) is 3.32. The summed E-state index contributed by atoms with van der Waals surface area (Å²) in [6.07, 6.45) is 1.43. The van der Waals surface area contributed by atoms with E-state index in [0.29, 0.717) is 5.56 Å². The predicted molar refractivity (Wildman–Crippen MR) is 81.5 cm³/mol. The van der Waals surface area contributed by atoms with Crippen molar-refractivity contribution in [3.05, 3.63) is 65.1 Å². The van der Waals surface area contributed by atoms with Gasteiger partial charge in [0.05, 0.1) is 0 Å². The number of esters is 1. The number of rotatable bonds is 2. The highest BCUT2D eigenvalue weighted by Gasteiger charge is 2.32. The van der Waals surface area contributed by atoms with Crippen LogP contribution in [-0.4, -0.2) is 26.4 Å². The van der Waals surface area contributed by atoms with E-state index >= 15 is 0 Å². The Morgan fingerprint density at radius 2 is 1.52 bits per heavy atom. The average molecular weight is 312 g/mol. The van der Waals surface area contributed by atoms with Gasteiger partial charge >= 0.3 is 5.97 Å². The number of aliphatic hydroxyl groups is 1. The Labute approximate surface area is 130 Å². The Morgan fingerprint density at radius 3 is 2.17 bits per heavy atom. The van der Waals surface area contributed by atoms with E-state index < -0.39 is 11.7 Å². The molecular weight excluding hydrogens is 300 g/mol. The van der Waals surface area contributed by atoms with E-state index in [9.17, 15) is 25.2 Å². The molecule has 0 atom stereocenters. The fraction of sp³-hybridized carbons (Fsp3) is 0. The quantitative estimate of drug-likeness (QED) is 0.635. The first kappa shape index (κ1) is 14.5. The first-order chi connectivity index (χ1) is 11.0. The van der Waals surface area contributed by atoms with Crippen LogP contribution in [0.2, 0.25) is 0 Å². The lowest BCUT2D eigenvalue weighted by molar-refractivity contribution is -0.131. The van der Waals surface area contributed by atoms with Crippen LogP contribution < -0.4 is 0 Å². The largest absolute Gasteiger partial charge is 0.508 e. The smallest absolute Gasteiger partial charge is 0.348 e. The van der Waals surface area contributed by atoms with E-state index in [1.165, 1.54) is 30.3 Å². The van der Waals surface area contributed by atoms with E-state index in [-0.39, 0.29) is 34.1 Å². The van der Waals surface area contributed by atoms with Crippen LogP contribution in [0.3, 0.4) is 0 Å². The number of hydrogen-bond donors (Lipinski definition) is 4. The van der Waals surface area contributed by atoms with Crippen LogP contribution in [0.4, 0.5) is 0 Å². The molecule has 2 aromatic carbocycles. The molecule has 0 spiro atoms. The fourth-order valence-corrected chi connectivity index (χ4v) is 2.21. The lowest BCUT2D eigenvalue weighted by Crippen LogP contribution is -1.98. The number of aliphatic hydroxyl groups excluding tert-OH is 1. The Morgan fingerprint density at radius 1 is 0.870 bits per heavy atom. The van der Waals surface area contributed by atoms with Crippen molar-refractivity contribution in [2.45, 2.75) is 0 Å². The Bertz CT molecular complexity index is 846. The van der Waals surface area contributed by atoms with Gasteiger partial charge in [-0.05, 0) is 35.9 Å². The van der Waals surface area contributed by atoms with Crippen molar-refractivity contribution in [1.29, 1.82) is 0 Å². The SMILES string of the molecule is O=C1OC(=Cc2ccc(O)cc2)C(O)=C1c1ccc(O)cc1O. The van der Waals surface area contributed by atoms with Gasteiger partial charge < -0.3 is 25.2 Å². The zero-order valence-electron chi connectivity index (χ0n) is 11.7. The van der Waals surface area contributed by atoms with Crippen LogP contribution >= 0.6 is 0 Å². The molecule has 6 heteroatoms. The average Bonchev–Trinajstić information content (AvgIpc) is 2.77. The minimum Gasteiger partial charge on any atom is -0.508 e. The summed E-state index contributed by atoms with van der Waals surface area (Å²) in [4.78, 5) is 12.0. The molecule has 0 unspecified atom stereocenters. The molecule has 0 fully saturated rings. The van der Waals surface area contributed by atoms with Crippen molar-refractivity contribution in [1.82, 2.24) is 0 Å². The molecule has 3 rings (SSSR count). The van der Waals surface area contributed by atoms with Crippen LogP contribution in [0.1, 0.15) is 11.1 Å². The summed E-state index contributed by atoms with van der Waals surface area (Å²) < 4.78 is 5.02. The van der Waals surface area contributed by atoms with Crippen LogP contribution in [0.5, 0.6) is 17.2 Å². The molecule has 23 heavy (non-hydrogen) atoms. The highest BCUT2D eigenvalue weighted by atomic mass is 16.6. The van der Waals surface area contributed by atoms with Crippen LogP contribution in [0, 0.1) is 0 Å². The normalized spacial score (nSPS) is 16.0. The lowest BCUT2D eigenvalue weighted by atomic mass is 10.0. The van der Waals surface area contributed by atoms with E-state index in [2.05, 4.69) is 0 Å². The summed E-state index contributed by atoms with van der Waals surface area (Å²) in [7, 11) is 0. The minimum atomic E-state index is -0.812. The van der Waals surface area contributed by atoms with Crippen molar-refractivity contribution in [3.8, 4) is 17.2 Å². The number of hydrogen-bond acceptors (Lipinski definition) is 6. The number of benzene rings is 2. The van der Waals surface area contributed by atoms with Crippen LogP contribution in [0.25, 0.3) is 11.6 Å². The molecule has 6 nitrogen and oxygen atoms in total. The maximum Gasteiger partial charge on any atom is 0.348 e. The molecule has 1 aliphatic heterocycles. The summed E-state index contributed by atoms with van der Waals surface area (Å²) in [5.74, 6) is -1.72. The van der Waals surface area contributed by atoms with Gasteiger partial charge in [0.25, 0.3) is 0 Å². The number of cyclic esters (lactones) is 1. The molecule has 4 N–H and O–H groups in total. The molecule has 0 bridgehead atoms. The van der Waals surface area contributed by atoms with E-state index in [1.54, 1.807) is 12.1 Å². The van der Waals surface area contributed by atoms with Crippen molar-refractivity contribution < 1.29 is 30.0 Å². The lowest BCUT2D eigenvalue weighted by Gasteiger charge is -2.03. The molecule has 0 amide bonds. The van der Waals surface area contributed by atoms with Crippen molar-refractivity contribution in [2.75, 3.05) is 0 Å². The summed E-state index contributed by atoms with van der Waals surface area (Å²) in [6, 6.07) is 9.72. The second-order valence-electron chi connectivity index (χ2n) is 4.91. The second-order valence-corrected chi connectivity index (χ2v) is 4.91. The highest BCUT2D eigenvalue weighted by molar-refractivity contribution is 6.21. The van der Waals surface area contributed by atoms with Crippen molar-refractivity contribution >= 4 is 17.6 Å². The zero-order valence-corrected chi connectivity index (χ0v) is 11.7. The Kier molecular flexibility index (Phi) is 3.42. The van der Waals surface area contributed by atoms with E-state index in [1.807, 2.05) is 0 Å². The molecule has 1 aliphatic rings. The van der Waals surface area contributed by atoms with Gasteiger partial charge in [0.2, 0.25) is 0 Å². The minimum absolute atomic E-state index is 0.0550. The van der Waals surface area contributed by atoms with Gasteiger partial charge in [0.15, 0.2) is 11.5 Å². The third-order valence-electron chi connectivity index (χ3n) is 3.32. The molecule has 1 heterocycles. The summed E-state index contributed by atoms with van der Waals surface area (Å²) in [5.41, 5.74) is 0.472. The first-order valence-corrected chi connectivity index (χ1v) is 6.64. The van der Waals surface area contributed by atoms with Crippen LogP contribution in [-0.2, 0) is 9.53 Å². The van der Waals surface area contributed by atoms with Gasteiger partial charge in [-0.1, -0.05) is 12.1 Å². The van der Waals surface area contributed by atoms with Gasteiger partial charge in [-0.3, -0.25) is 0 Å². The molecule has 0 saturated heterocycles. The number of ether oxygens (including phenoxy) is 1. The molecule has 0 radical (unpaired) electrons. The van der Waals surface area contributed by atoms with Crippen molar-refractivity contribution in [2.24, 2.45) is 0 Å². The predicted octanol–water partition coefficient (Wildman–Crippen LogP) is 2.67. The molecule has 0 aliphatic carbocycles. The topological polar surface area (TPSA) is 107 Å². The van der Waals surface area contributed by atoms with E-state index in [0.717, 1.165) is 6.07 Å². The number of aromatic hydroxyl groups is 3. The van der Waals surface area contributed by atoms with Gasteiger partial charge in [0, 0.05) is 11.6 Å². The fourth-order valence-electron chi connectivity index (χ4n) is 2.21. The van der Waals surface area contributed by atoms with E-state index in [4.69, 9.17) is 4.74 Å². The van der Waals surface area contributed by atoms with Gasteiger partial charge in [-0.25, -0.2) is 4.79 Å². The maximum absolute atomic E-state index is 12.0. The molecule has 116 valence electrons. The molecule has 0 aromatic heterocycles. The number of phenolic OH excluding ortho intramolecular Hbond substituents is 3. The number of phenols is 3. The summed E-state index contributed by atoms with van der Waals surface area (Å²) >= 11 is 0. The number of carbonyl (C=O) groups is 1. The van der Waals surface area contributed by atoms with Gasteiger partial charge in [-0.15, -0.1) is 0 Å². The Balaban J connectivity index is 2.05. The van der Waals surface area contributed by atoms with Crippen molar-refractivity contribution in [3.63, 3.8) is 0 Å². The first-order valence-electron chi connectivity index (χ1n) is 6.64. The molecular formula is C17H12O6. The highest BCUT2D eigenvalue weighted by Crippen LogP contribution is 2.37. The third kappa shape index (κ3) is 2.69. The Hall–Kier alpha value is -3.41. The van der Waals surface area contributed by atoms with Crippen LogP contribution in [0.15, 0.2) is 54.0 Å². The number of carbonyl (C=O) groups excluding carboxylic acids is 1. The summed E-state index contributed by atoms with van der Waals surface area (Å²) in [5, 5.41) is 38.6. The second kappa shape index (κ2) is 5.42. The van der Waals surface area contributed by atoms with Gasteiger partial charge in [-0.2, -0.15) is 0 Å². The molecule has 0 saturated carbocycles.